The second-order valence-corrected chi connectivity index (χ2v) is 7.09. The van der Waals surface area contributed by atoms with Gasteiger partial charge in [-0.2, -0.15) is 4.98 Å². The van der Waals surface area contributed by atoms with E-state index in [2.05, 4.69) is 34.3 Å². The van der Waals surface area contributed by atoms with Crippen molar-refractivity contribution in [1.82, 2.24) is 20.4 Å². The molecule has 7 nitrogen and oxygen atoms in total. The Bertz CT molecular complexity index is 711. The van der Waals surface area contributed by atoms with Crippen LogP contribution < -0.4 is 10.1 Å². The molecule has 1 fully saturated rings. The van der Waals surface area contributed by atoms with Crippen LogP contribution in [0.3, 0.4) is 0 Å². The first-order valence-corrected chi connectivity index (χ1v) is 9.23. The summed E-state index contributed by atoms with van der Waals surface area (Å²) in [4.78, 5) is 9.21. The van der Waals surface area contributed by atoms with Gasteiger partial charge < -0.3 is 14.0 Å². The summed E-state index contributed by atoms with van der Waals surface area (Å²) in [6.07, 6.45) is 1.95. The Kier molecular flexibility index (Phi) is 6.21. The Morgan fingerprint density at radius 1 is 1.23 bits per heavy atom. The topological polar surface area (TPSA) is 82.3 Å². The second kappa shape index (κ2) is 8.60. The smallest absolute Gasteiger partial charge is 0.244 e. The molecule has 1 atom stereocenters. The summed E-state index contributed by atoms with van der Waals surface area (Å²) in [7, 11) is 1.67. The van der Waals surface area contributed by atoms with Crippen LogP contribution in [0.1, 0.15) is 61.8 Å². The summed E-state index contributed by atoms with van der Waals surface area (Å²) in [6.45, 7) is 8.24. The molecule has 0 aromatic carbocycles. The fourth-order valence-corrected chi connectivity index (χ4v) is 3.24. The number of aryl methyl sites for hydroxylation is 1. The van der Waals surface area contributed by atoms with Crippen LogP contribution in [0.15, 0.2) is 16.7 Å². The predicted octanol–water partition coefficient (Wildman–Crippen LogP) is 3.16. The molecule has 26 heavy (non-hydrogen) atoms. The van der Waals surface area contributed by atoms with Gasteiger partial charge in [0, 0.05) is 43.5 Å². The number of hydrogen-bond acceptors (Lipinski definition) is 7. The third-order valence-corrected chi connectivity index (χ3v) is 4.70. The van der Waals surface area contributed by atoms with E-state index in [0.29, 0.717) is 18.4 Å². The lowest BCUT2D eigenvalue weighted by atomic mass is 9.91. The average Bonchev–Trinajstić information content (AvgIpc) is 3.12. The molecule has 1 aliphatic heterocycles. The van der Waals surface area contributed by atoms with Gasteiger partial charge in [0.2, 0.25) is 5.89 Å². The van der Waals surface area contributed by atoms with Crippen LogP contribution >= 0.6 is 0 Å². The van der Waals surface area contributed by atoms with Crippen molar-refractivity contribution in [3.8, 4) is 5.75 Å². The van der Waals surface area contributed by atoms with E-state index in [1.807, 2.05) is 19.1 Å². The predicted molar refractivity (Wildman–Crippen MR) is 97.0 cm³/mol. The highest BCUT2D eigenvalue weighted by molar-refractivity contribution is 5.26. The minimum atomic E-state index is -0.00722. The molecule has 1 N–H and O–H groups in total. The van der Waals surface area contributed by atoms with Crippen molar-refractivity contribution in [1.29, 1.82) is 0 Å². The van der Waals surface area contributed by atoms with Gasteiger partial charge in [-0.05, 0) is 25.7 Å². The van der Waals surface area contributed by atoms with Gasteiger partial charge in [-0.15, -0.1) is 0 Å². The molecule has 0 bridgehead atoms. The highest BCUT2D eigenvalue weighted by atomic mass is 16.5. The standard InChI is InChI=1S/C19H28N4O3/c1-12(2)18-22-19(26-23-18)17(14-5-7-25-8-6-14)20-11-15-10-16(24-4)9-13(3)21-15/h9-10,12,14,17,20H,5-8,11H2,1-4H3/t17-/m1/s1. The van der Waals surface area contributed by atoms with Gasteiger partial charge in [0.15, 0.2) is 5.82 Å². The number of methoxy groups -OCH3 is 1. The van der Waals surface area contributed by atoms with E-state index in [9.17, 15) is 0 Å². The lowest BCUT2D eigenvalue weighted by Crippen LogP contribution is -2.32. The number of ether oxygens (including phenoxy) is 2. The largest absolute Gasteiger partial charge is 0.497 e. The molecule has 1 saturated heterocycles. The summed E-state index contributed by atoms with van der Waals surface area (Å²) in [6, 6.07) is 3.87. The van der Waals surface area contributed by atoms with E-state index >= 15 is 0 Å². The zero-order chi connectivity index (χ0) is 18.5. The van der Waals surface area contributed by atoms with Gasteiger partial charge in [-0.3, -0.25) is 10.3 Å². The van der Waals surface area contributed by atoms with Crippen LogP contribution in [0, 0.1) is 12.8 Å². The fraction of sp³-hybridized carbons (Fsp3) is 0.632. The molecular formula is C19H28N4O3. The Labute approximate surface area is 154 Å². The van der Waals surface area contributed by atoms with Crippen LogP contribution in [-0.2, 0) is 11.3 Å². The molecule has 0 radical (unpaired) electrons. The number of aromatic nitrogens is 3. The summed E-state index contributed by atoms with van der Waals surface area (Å²) in [5.41, 5.74) is 1.87. The van der Waals surface area contributed by atoms with Crippen LogP contribution in [0.2, 0.25) is 0 Å². The molecule has 0 unspecified atom stereocenters. The molecule has 3 heterocycles. The summed E-state index contributed by atoms with van der Waals surface area (Å²) >= 11 is 0. The average molecular weight is 360 g/mol. The molecule has 3 rings (SSSR count). The first kappa shape index (κ1) is 18.8. The van der Waals surface area contributed by atoms with Gasteiger partial charge in [0.1, 0.15) is 5.75 Å². The van der Waals surface area contributed by atoms with Crippen LogP contribution in [0.25, 0.3) is 0 Å². The maximum atomic E-state index is 5.59. The van der Waals surface area contributed by atoms with Gasteiger partial charge in [0.05, 0.1) is 18.8 Å². The Morgan fingerprint density at radius 2 is 2.00 bits per heavy atom. The Balaban J connectivity index is 1.77. The highest BCUT2D eigenvalue weighted by Crippen LogP contribution is 2.30. The number of pyridine rings is 1. The fourth-order valence-electron chi connectivity index (χ4n) is 3.24. The lowest BCUT2D eigenvalue weighted by Gasteiger charge is -2.28. The molecular weight excluding hydrogens is 332 g/mol. The maximum Gasteiger partial charge on any atom is 0.244 e. The quantitative estimate of drug-likeness (QED) is 0.812. The third kappa shape index (κ3) is 4.59. The summed E-state index contributed by atoms with van der Waals surface area (Å²) in [5.74, 6) is 2.85. The van der Waals surface area contributed by atoms with Gasteiger partial charge in [-0.25, -0.2) is 0 Å². The minimum Gasteiger partial charge on any atom is -0.497 e. The highest BCUT2D eigenvalue weighted by Gasteiger charge is 2.30. The number of nitrogens with one attached hydrogen (secondary N) is 1. The van der Waals surface area contributed by atoms with Gasteiger partial charge >= 0.3 is 0 Å². The minimum absolute atomic E-state index is 0.00722. The van der Waals surface area contributed by atoms with Crippen molar-refractivity contribution in [2.75, 3.05) is 20.3 Å². The van der Waals surface area contributed by atoms with Crippen LogP contribution in [0.4, 0.5) is 0 Å². The Hall–Kier alpha value is -1.99. The molecule has 1 aliphatic rings. The lowest BCUT2D eigenvalue weighted by molar-refractivity contribution is 0.0485. The summed E-state index contributed by atoms with van der Waals surface area (Å²) < 4.78 is 16.5. The molecule has 0 saturated carbocycles. The van der Waals surface area contributed by atoms with Crippen molar-refractivity contribution in [2.45, 2.75) is 52.1 Å². The van der Waals surface area contributed by atoms with E-state index in [4.69, 9.17) is 14.0 Å². The second-order valence-electron chi connectivity index (χ2n) is 7.09. The van der Waals surface area contributed by atoms with E-state index in [1.54, 1.807) is 7.11 Å². The maximum absolute atomic E-state index is 5.59. The van der Waals surface area contributed by atoms with Crippen molar-refractivity contribution in [3.05, 3.63) is 35.2 Å². The van der Waals surface area contributed by atoms with E-state index in [0.717, 1.165) is 49.0 Å². The first-order valence-electron chi connectivity index (χ1n) is 9.23. The molecule has 0 aliphatic carbocycles. The Morgan fingerprint density at radius 3 is 2.65 bits per heavy atom. The van der Waals surface area contributed by atoms with Crippen LogP contribution in [0.5, 0.6) is 5.75 Å². The molecule has 142 valence electrons. The van der Waals surface area contributed by atoms with E-state index in [1.165, 1.54) is 0 Å². The van der Waals surface area contributed by atoms with Crippen molar-refractivity contribution in [3.63, 3.8) is 0 Å². The first-order chi connectivity index (χ1) is 12.6. The molecule has 2 aromatic heterocycles. The number of nitrogens with zero attached hydrogens (tertiary/aromatic N) is 3. The molecule has 0 amide bonds. The monoisotopic (exact) mass is 360 g/mol. The SMILES string of the molecule is COc1cc(C)nc(CN[C@@H](c2nc(C(C)C)no2)C2CCOCC2)c1. The summed E-state index contributed by atoms with van der Waals surface area (Å²) in [5, 5.41) is 7.72. The molecule has 0 spiro atoms. The van der Waals surface area contributed by atoms with Gasteiger partial charge in [0.25, 0.3) is 0 Å². The van der Waals surface area contributed by atoms with Crippen molar-refractivity contribution in [2.24, 2.45) is 5.92 Å². The van der Waals surface area contributed by atoms with E-state index in [-0.39, 0.29) is 12.0 Å². The third-order valence-electron chi connectivity index (χ3n) is 4.70. The van der Waals surface area contributed by atoms with Crippen molar-refractivity contribution < 1.29 is 14.0 Å². The number of hydrogen-bond donors (Lipinski definition) is 1. The molecule has 7 heteroatoms. The molecule has 2 aromatic rings. The zero-order valence-electron chi connectivity index (χ0n) is 16.0. The van der Waals surface area contributed by atoms with Crippen LogP contribution in [-0.4, -0.2) is 35.4 Å². The van der Waals surface area contributed by atoms with Gasteiger partial charge in [-0.1, -0.05) is 19.0 Å². The van der Waals surface area contributed by atoms with Crippen molar-refractivity contribution >= 4 is 0 Å². The number of rotatable bonds is 7. The van der Waals surface area contributed by atoms with E-state index < -0.39 is 0 Å². The normalized spacial score (nSPS) is 16.8. The zero-order valence-corrected chi connectivity index (χ0v) is 16.0.